The highest BCUT2D eigenvalue weighted by atomic mass is 16.4. The number of carboxylic acid groups (broad SMARTS) is 1. The molecule has 1 aromatic carbocycles. The van der Waals surface area contributed by atoms with Crippen LogP contribution in [0.4, 0.5) is 5.69 Å². The van der Waals surface area contributed by atoms with Gasteiger partial charge in [-0.2, -0.15) is 0 Å². The van der Waals surface area contributed by atoms with Crippen molar-refractivity contribution in [2.45, 2.75) is 19.4 Å². The lowest BCUT2D eigenvalue weighted by Crippen LogP contribution is -2.24. The van der Waals surface area contributed by atoms with Crippen molar-refractivity contribution in [1.29, 1.82) is 0 Å². The lowest BCUT2D eigenvalue weighted by Gasteiger charge is -2.20. The molecular formula is C13H17NO3. The van der Waals surface area contributed by atoms with Gasteiger partial charge >= 0.3 is 5.97 Å². The molecule has 0 aliphatic carbocycles. The molecule has 0 saturated carbocycles. The summed E-state index contributed by atoms with van der Waals surface area (Å²) in [6.45, 7) is 3.47. The van der Waals surface area contributed by atoms with Gasteiger partial charge in [-0.1, -0.05) is 6.07 Å². The zero-order chi connectivity index (χ0) is 12.4. The standard InChI is InChI=1S/C13H17NO3/c1-9(15)11-5-6-14(8-11)12-4-2-3-10(7-12)13(16)17/h2-4,7,9,11,15H,5-6,8H2,1H3,(H,16,17). The Hall–Kier alpha value is -1.55. The van der Waals surface area contributed by atoms with Gasteiger partial charge in [-0.15, -0.1) is 0 Å². The van der Waals surface area contributed by atoms with Crippen LogP contribution in [-0.2, 0) is 0 Å². The maximum absolute atomic E-state index is 10.9. The predicted octanol–water partition coefficient (Wildman–Crippen LogP) is 1.59. The highest BCUT2D eigenvalue weighted by molar-refractivity contribution is 5.88. The monoisotopic (exact) mass is 235 g/mol. The molecule has 1 fully saturated rings. The molecule has 4 heteroatoms. The van der Waals surface area contributed by atoms with Crippen LogP contribution < -0.4 is 4.90 Å². The Morgan fingerprint density at radius 1 is 1.53 bits per heavy atom. The molecule has 0 spiro atoms. The summed E-state index contributed by atoms with van der Waals surface area (Å²) < 4.78 is 0. The Bertz CT molecular complexity index is 417. The van der Waals surface area contributed by atoms with Crippen LogP contribution in [0, 0.1) is 5.92 Å². The van der Waals surface area contributed by atoms with Crippen LogP contribution in [0.3, 0.4) is 0 Å². The van der Waals surface area contributed by atoms with Gasteiger partial charge in [0.05, 0.1) is 11.7 Å². The van der Waals surface area contributed by atoms with Crippen molar-refractivity contribution in [2.24, 2.45) is 5.92 Å². The average molecular weight is 235 g/mol. The van der Waals surface area contributed by atoms with Gasteiger partial charge in [0.1, 0.15) is 0 Å². The molecule has 2 unspecified atom stereocenters. The van der Waals surface area contributed by atoms with E-state index in [0.29, 0.717) is 5.56 Å². The highest BCUT2D eigenvalue weighted by Gasteiger charge is 2.26. The van der Waals surface area contributed by atoms with Gasteiger partial charge in [-0.3, -0.25) is 0 Å². The molecule has 2 rings (SSSR count). The SMILES string of the molecule is CC(O)C1CCN(c2cccc(C(=O)O)c2)C1. The van der Waals surface area contributed by atoms with Gasteiger partial charge in [0.15, 0.2) is 0 Å². The second-order valence-corrected chi connectivity index (χ2v) is 4.59. The summed E-state index contributed by atoms with van der Waals surface area (Å²) in [5, 5.41) is 18.5. The van der Waals surface area contributed by atoms with Gasteiger partial charge in [0.25, 0.3) is 0 Å². The van der Waals surface area contributed by atoms with E-state index >= 15 is 0 Å². The fourth-order valence-corrected chi connectivity index (χ4v) is 2.25. The molecule has 0 radical (unpaired) electrons. The molecule has 0 aromatic heterocycles. The highest BCUT2D eigenvalue weighted by Crippen LogP contribution is 2.26. The number of rotatable bonds is 3. The maximum Gasteiger partial charge on any atom is 0.335 e. The summed E-state index contributed by atoms with van der Waals surface area (Å²) in [6, 6.07) is 6.95. The van der Waals surface area contributed by atoms with Crippen LogP contribution in [0.1, 0.15) is 23.7 Å². The molecule has 2 N–H and O–H groups in total. The number of hydrogen-bond acceptors (Lipinski definition) is 3. The quantitative estimate of drug-likeness (QED) is 0.835. The van der Waals surface area contributed by atoms with E-state index in [9.17, 15) is 9.90 Å². The van der Waals surface area contributed by atoms with Crippen molar-refractivity contribution in [3.8, 4) is 0 Å². The first-order valence-electron chi connectivity index (χ1n) is 5.84. The first-order valence-corrected chi connectivity index (χ1v) is 5.84. The topological polar surface area (TPSA) is 60.8 Å². The van der Waals surface area contributed by atoms with Crippen molar-refractivity contribution < 1.29 is 15.0 Å². The van der Waals surface area contributed by atoms with Gasteiger partial charge in [0, 0.05) is 24.7 Å². The lowest BCUT2D eigenvalue weighted by molar-refractivity contribution is 0.0697. The molecule has 2 atom stereocenters. The minimum absolute atomic E-state index is 0.281. The van der Waals surface area contributed by atoms with Gasteiger partial charge < -0.3 is 15.1 Å². The summed E-state index contributed by atoms with van der Waals surface area (Å²) in [5.74, 6) is -0.624. The Morgan fingerprint density at radius 2 is 2.29 bits per heavy atom. The van der Waals surface area contributed by atoms with Crippen molar-refractivity contribution in [1.82, 2.24) is 0 Å². The smallest absolute Gasteiger partial charge is 0.335 e. The zero-order valence-corrected chi connectivity index (χ0v) is 9.84. The number of carbonyl (C=O) groups is 1. The molecule has 0 bridgehead atoms. The first-order chi connectivity index (χ1) is 8.08. The maximum atomic E-state index is 10.9. The van der Waals surface area contributed by atoms with E-state index in [-0.39, 0.29) is 12.0 Å². The van der Waals surface area contributed by atoms with E-state index in [1.807, 2.05) is 13.0 Å². The molecule has 1 aliphatic heterocycles. The van der Waals surface area contributed by atoms with E-state index < -0.39 is 5.97 Å². The molecule has 0 amide bonds. The number of carboxylic acids is 1. The molecule has 92 valence electrons. The van der Waals surface area contributed by atoms with Crippen LogP contribution in [0.15, 0.2) is 24.3 Å². The third-order valence-corrected chi connectivity index (χ3v) is 3.37. The van der Waals surface area contributed by atoms with Crippen LogP contribution >= 0.6 is 0 Å². The number of hydrogen-bond donors (Lipinski definition) is 2. The minimum Gasteiger partial charge on any atom is -0.478 e. The summed E-state index contributed by atoms with van der Waals surface area (Å²) in [7, 11) is 0. The molecule has 4 nitrogen and oxygen atoms in total. The number of aromatic carboxylic acids is 1. The number of aliphatic hydroxyl groups excluding tert-OH is 1. The Kier molecular flexibility index (Phi) is 3.33. The van der Waals surface area contributed by atoms with Gasteiger partial charge in [0.2, 0.25) is 0 Å². The van der Waals surface area contributed by atoms with Gasteiger partial charge in [-0.25, -0.2) is 4.79 Å². The molecule has 1 aromatic rings. The average Bonchev–Trinajstić information content (AvgIpc) is 2.78. The number of anilines is 1. The second kappa shape index (κ2) is 4.75. The van der Waals surface area contributed by atoms with Crippen molar-refractivity contribution >= 4 is 11.7 Å². The fourth-order valence-electron chi connectivity index (χ4n) is 2.25. The van der Waals surface area contributed by atoms with Crippen molar-refractivity contribution in [3.63, 3.8) is 0 Å². The fraction of sp³-hybridized carbons (Fsp3) is 0.462. The van der Waals surface area contributed by atoms with E-state index in [0.717, 1.165) is 25.2 Å². The van der Waals surface area contributed by atoms with E-state index in [1.165, 1.54) is 0 Å². The number of aliphatic hydroxyl groups is 1. The lowest BCUT2D eigenvalue weighted by atomic mass is 10.0. The molecule has 17 heavy (non-hydrogen) atoms. The zero-order valence-electron chi connectivity index (χ0n) is 9.84. The van der Waals surface area contributed by atoms with Gasteiger partial charge in [-0.05, 0) is 31.5 Å². The van der Waals surface area contributed by atoms with Crippen LogP contribution in [0.2, 0.25) is 0 Å². The molecular weight excluding hydrogens is 218 g/mol. The third kappa shape index (κ3) is 2.58. The predicted molar refractivity (Wildman–Crippen MR) is 65.4 cm³/mol. The van der Waals surface area contributed by atoms with Crippen molar-refractivity contribution in [2.75, 3.05) is 18.0 Å². The summed E-state index contributed by atoms with van der Waals surface area (Å²) in [5.41, 5.74) is 1.23. The first kappa shape index (κ1) is 11.9. The van der Waals surface area contributed by atoms with Crippen LogP contribution in [0.25, 0.3) is 0 Å². The Morgan fingerprint density at radius 3 is 2.88 bits per heavy atom. The Balaban J connectivity index is 2.13. The van der Waals surface area contributed by atoms with Crippen molar-refractivity contribution in [3.05, 3.63) is 29.8 Å². The second-order valence-electron chi connectivity index (χ2n) is 4.59. The molecule has 1 aliphatic rings. The largest absolute Gasteiger partial charge is 0.478 e. The normalized spacial score (nSPS) is 21.5. The summed E-state index contributed by atoms with van der Waals surface area (Å²) in [6.07, 6.45) is 0.650. The number of nitrogens with zero attached hydrogens (tertiary/aromatic N) is 1. The number of benzene rings is 1. The van der Waals surface area contributed by atoms with E-state index in [2.05, 4.69) is 4.90 Å². The summed E-state index contributed by atoms with van der Waals surface area (Å²) >= 11 is 0. The molecule has 1 saturated heterocycles. The third-order valence-electron chi connectivity index (χ3n) is 3.37. The van der Waals surface area contributed by atoms with E-state index in [4.69, 9.17) is 5.11 Å². The van der Waals surface area contributed by atoms with Crippen LogP contribution in [-0.4, -0.2) is 35.4 Å². The minimum atomic E-state index is -0.905. The molecule has 1 heterocycles. The van der Waals surface area contributed by atoms with Crippen LogP contribution in [0.5, 0.6) is 0 Å². The summed E-state index contributed by atoms with van der Waals surface area (Å²) in [4.78, 5) is 13.0. The van der Waals surface area contributed by atoms with E-state index in [1.54, 1.807) is 18.2 Å². The Labute approximate surface area is 100 Å².